The Morgan fingerprint density at radius 1 is 1.19 bits per heavy atom. The van der Waals surface area contributed by atoms with Crippen LogP contribution in [0.3, 0.4) is 0 Å². The van der Waals surface area contributed by atoms with Crippen LogP contribution in [0.25, 0.3) is 0 Å². The van der Waals surface area contributed by atoms with E-state index in [1.165, 1.54) is 24.3 Å². The number of sulfone groups is 1. The first-order valence-electron chi connectivity index (χ1n) is 9.49. The van der Waals surface area contributed by atoms with E-state index in [4.69, 9.17) is 0 Å². The summed E-state index contributed by atoms with van der Waals surface area (Å²) < 4.78 is 39.3. The molecule has 1 aromatic carbocycles. The van der Waals surface area contributed by atoms with Crippen LogP contribution in [0.4, 0.5) is 4.39 Å². The summed E-state index contributed by atoms with van der Waals surface area (Å²) in [5, 5.41) is -0.150. The molecular weight excluding hydrogens is 405 g/mol. The summed E-state index contributed by atoms with van der Waals surface area (Å²) in [6.07, 6.45) is 5.01. The van der Waals surface area contributed by atoms with Gasteiger partial charge in [-0.1, -0.05) is 46.2 Å². The lowest BCUT2D eigenvalue weighted by Gasteiger charge is -2.20. The van der Waals surface area contributed by atoms with Crippen molar-refractivity contribution in [2.24, 2.45) is 0 Å². The highest BCUT2D eigenvalue weighted by molar-refractivity contribution is 8.77. The molecular formula is C19H26FNO3S3. The molecule has 2 saturated heterocycles. The Hall–Kier alpha value is -0.730. The van der Waals surface area contributed by atoms with Crippen LogP contribution in [-0.2, 0) is 14.6 Å². The zero-order valence-electron chi connectivity index (χ0n) is 15.3. The summed E-state index contributed by atoms with van der Waals surface area (Å²) in [5.41, 5.74) is 0.221. The molecule has 0 aromatic heterocycles. The van der Waals surface area contributed by atoms with Gasteiger partial charge in [0.1, 0.15) is 5.82 Å². The lowest BCUT2D eigenvalue weighted by Crippen LogP contribution is -2.33. The van der Waals surface area contributed by atoms with Crippen molar-refractivity contribution < 1.29 is 17.6 Å². The molecule has 1 aromatic rings. The third-order valence-corrected chi connectivity index (χ3v) is 10.4. The summed E-state index contributed by atoms with van der Waals surface area (Å²) in [6, 6.07) is 6.04. The number of unbranched alkanes of at least 4 members (excludes halogenated alkanes) is 1. The maximum Gasteiger partial charge on any atom is 0.222 e. The normalized spacial score (nSPS) is 25.3. The van der Waals surface area contributed by atoms with Gasteiger partial charge < -0.3 is 4.90 Å². The lowest BCUT2D eigenvalue weighted by molar-refractivity contribution is -0.131. The number of amides is 1. The zero-order valence-corrected chi connectivity index (χ0v) is 17.8. The summed E-state index contributed by atoms with van der Waals surface area (Å²) in [6.45, 7) is 0.577. The van der Waals surface area contributed by atoms with Crippen molar-refractivity contribution in [1.82, 2.24) is 4.90 Å². The van der Waals surface area contributed by atoms with E-state index in [0.29, 0.717) is 13.0 Å². The topological polar surface area (TPSA) is 54.5 Å². The Bertz CT molecular complexity index is 750. The quantitative estimate of drug-likeness (QED) is 0.498. The second kappa shape index (κ2) is 9.65. The summed E-state index contributed by atoms with van der Waals surface area (Å²) in [5.74, 6) is 0.648. The first-order chi connectivity index (χ1) is 13.0. The van der Waals surface area contributed by atoms with E-state index >= 15 is 0 Å². The molecule has 2 fully saturated rings. The molecule has 2 atom stereocenters. The van der Waals surface area contributed by atoms with Crippen LogP contribution in [-0.4, -0.2) is 49.1 Å². The number of hydrogen-bond acceptors (Lipinski definition) is 5. The molecule has 0 unspecified atom stereocenters. The molecule has 2 heterocycles. The third kappa shape index (κ3) is 5.64. The Morgan fingerprint density at radius 3 is 2.74 bits per heavy atom. The second-order valence-corrected chi connectivity index (χ2v) is 12.2. The fourth-order valence-corrected chi connectivity index (χ4v) is 8.48. The average Bonchev–Trinajstić information content (AvgIpc) is 3.10. The van der Waals surface area contributed by atoms with Crippen LogP contribution in [0.5, 0.6) is 0 Å². The van der Waals surface area contributed by atoms with E-state index in [9.17, 15) is 17.6 Å². The molecule has 8 heteroatoms. The Labute approximate surface area is 169 Å². The van der Waals surface area contributed by atoms with Gasteiger partial charge in [-0.05, 0) is 31.7 Å². The molecule has 3 rings (SSSR count). The first-order valence-corrected chi connectivity index (χ1v) is 13.6. The smallest absolute Gasteiger partial charge is 0.222 e. The minimum absolute atomic E-state index is 0.0211. The van der Waals surface area contributed by atoms with E-state index in [1.54, 1.807) is 17.0 Å². The van der Waals surface area contributed by atoms with Gasteiger partial charge in [-0.15, -0.1) is 0 Å². The van der Waals surface area contributed by atoms with Crippen LogP contribution < -0.4 is 0 Å². The van der Waals surface area contributed by atoms with Crippen LogP contribution >= 0.6 is 21.6 Å². The van der Waals surface area contributed by atoms with E-state index in [0.717, 1.165) is 24.5 Å². The van der Waals surface area contributed by atoms with Crippen LogP contribution in [0.1, 0.15) is 49.3 Å². The predicted molar refractivity (Wildman–Crippen MR) is 111 cm³/mol. The minimum Gasteiger partial charge on any atom is -0.342 e. The molecule has 0 N–H and O–H groups in total. The Kier molecular flexibility index (Phi) is 7.50. The highest BCUT2D eigenvalue weighted by atomic mass is 33.1. The highest BCUT2D eigenvalue weighted by Crippen LogP contribution is 2.40. The SMILES string of the molecule is O=C(CCCC[C@H]1CCSS1)N1CC[C@@H](c2ccccc2F)S(=O)(=O)CC1. The monoisotopic (exact) mass is 431 g/mol. The number of benzene rings is 1. The maximum atomic E-state index is 14.1. The summed E-state index contributed by atoms with van der Waals surface area (Å²) in [7, 11) is 0.406. The minimum atomic E-state index is -3.48. The molecule has 1 amide bonds. The van der Waals surface area contributed by atoms with Gasteiger partial charge in [0, 0.05) is 36.1 Å². The number of nitrogens with zero attached hydrogens (tertiary/aromatic N) is 1. The lowest BCUT2D eigenvalue weighted by atomic mass is 10.1. The third-order valence-electron chi connectivity index (χ3n) is 5.24. The van der Waals surface area contributed by atoms with Crippen molar-refractivity contribution in [3.05, 3.63) is 35.6 Å². The van der Waals surface area contributed by atoms with Gasteiger partial charge in [-0.25, -0.2) is 12.8 Å². The Morgan fingerprint density at radius 2 is 2.00 bits per heavy atom. The molecule has 0 bridgehead atoms. The van der Waals surface area contributed by atoms with E-state index in [1.807, 2.05) is 21.6 Å². The number of hydrogen-bond donors (Lipinski definition) is 0. The summed E-state index contributed by atoms with van der Waals surface area (Å²) >= 11 is 0. The second-order valence-electron chi connectivity index (χ2n) is 7.12. The molecule has 2 aliphatic rings. The van der Waals surface area contributed by atoms with Crippen molar-refractivity contribution >= 4 is 37.3 Å². The largest absolute Gasteiger partial charge is 0.342 e. The van der Waals surface area contributed by atoms with Crippen LogP contribution in [0.15, 0.2) is 24.3 Å². The van der Waals surface area contributed by atoms with E-state index in [2.05, 4.69) is 0 Å². The molecule has 4 nitrogen and oxygen atoms in total. The van der Waals surface area contributed by atoms with E-state index in [-0.39, 0.29) is 30.2 Å². The molecule has 0 aliphatic carbocycles. The van der Waals surface area contributed by atoms with Crippen LogP contribution in [0.2, 0.25) is 0 Å². The van der Waals surface area contributed by atoms with Gasteiger partial charge in [0.2, 0.25) is 5.91 Å². The van der Waals surface area contributed by atoms with Gasteiger partial charge in [0.05, 0.1) is 11.0 Å². The molecule has 0 radical (unpaired) electrons. The maximum absolute atomic E-state index is 14.1. The van der Waals surface area contributed by atoms with Gasteiger partial charge in [0.25, 0.3) is 0 Å². The number of rotatable bonds is 6. The van der Waals surface area contributed by atoms with Gasteiger partial charge in [-0.3, -0.25) is 4.79 Å². The fourth-order valence-electron chi connectivity index (χ4n) is 3.65. The standard InChI is InChI=1S/C19H26FNO3S3/c20-17-7-3-2-6-16(17)18-9-11-21(12-14-27(18,23)24)19(22)8-4-1-5-15-10-13-25-26-15/h2-3,6-7,15,18H,1,4-5,8-14H2/t15-,18-/m0/s1. The Balaban J connectivity index is 1.53. The number of halogens is 1. The fraction of sp³-hybridized carbons (Fsp3) is 0.632. The molecule has 0 spiro atoms. The average molecular weight is 432 g/mol. The predicted octanol–water partition coefficient (Wildman–Crippen LogP) is 4.23. The van der Waals surface area contributed by atoms with Crippen molar-refractivity contribution in [3.8, 4) is 0 Å². The molecule has 150 valence electrons. The number of carbonyl (C=O) groups is 1. The van der Waals surface area contributed by atoms with Crippen molar-refractivity contribution in [3.63, 3.8) is 0 Å². The van der Waals surface area contributed by atoms with Crippen molar-refractivity contribution in [1.29, 1.82) is 0 Å². The zero-order chi connectivity index (χ0) is 19.3. The first kappa shape index (κ1) is 21.0. The molecule has 2 aliphatic heterocycles. The molecule has 0 saturated carbocycles. The van der Waals surface area contributed by atoms with Crippen molar-refractivity contribution in [2.75, 3.05) is 24.6 Å². The van der Waals surface area contributed by atoms with Gasteiger partial charge in [-0.2, -0.15) is 0 Å². The summed E-state index contributed by atoms with van der Waals surface area (Å²) in [4.78, 5) is 14.2. The van der Waals surface area contributed by atoms with Crippen molar-refractivity contribution in [2.45, 2.75) is 49.0 Å². The molecule has 27 heavy (non-hydrogen) atoms. The van der Waals surface area contributed by atoms with Gasteiger partial charge >= 0.3 is 0 Å². The van der Waals surface area contributed by atoms with Gasteiger partial charge in [0.15, 0.2) is 9.84 Å². The van der Waals surface area contributed by atoms with Crippen LogP contribution in [0, 0.1) is 5.82 Å². The number of carbonyl (C=O) groups excluding carboxylic acids is 1. The van der Waals surface area contributed by atoms with E-state index < -0.39 is 20.9 Å². The highest BCUT2D eigenvalue weighted by Gasteiger charge is 2.33.